The van der Waals surface area contributed by atoms with E-state index in [1.807, 2.05) is 36.1 Å². The summed E-state index contributed by atoms with van der Waals surface area (Å²) in [4.78, 5) is 20.8. The summed E-state index contributed by atoms with van der Waals surface area (Å²) in [6, 6.07) is 22.2. The monoisotopic (exact) mass is 987 g/mol. The molecule has 0 saturated heterocycles. The van der Waals surface area contributed by atoms with Crippen LogP contribution in [-0.2, 0) is 36.6 Å². The van der Waals surface area contributed by atoms with Crippen LogP contribution in [0.15, 0.2) is 120 Å². The first kappa shape index (κ1) is 59.8. The molecule has 0 aliphatic carbocycles. The van der Waals surface area contributed by atoms with Crippen molar-refractivity contribution in [2.45, 2.75) is 11.3 Å². The molecule has 1 atom stereocenters. The number of rotatable bonds is 6. The molecule has 1 unspecified atom stereocenters. The van der Waals surface area contributed by atoms with Crippen molar-refractivity contribution in [3.8, 4) is 31.1 Å². The van der Waals surface area contributed by atoms with E-state index >= 15 is 0 Å². The van der Waals surface area contributed by atoms with Gasteiger partial charge in [0.1, 0.15) is 48.3 Å². The van der Waals surface area contributed by atoms with Crippen LogP contribution in [0.3, 0.4) is 0 Å². The molecule has 0 aliphatic rings. The Balaban J connectivity index is -0.000000680. The molecule has 20 heteroatoms. The third-order valence-electron chi connectivity index (χ3n) is 6.27. The molecular formula is C41H33BrF4MgMnN6O5S2. The zero-order valence-corrected chi connectivity index (χ0v) is 37.9. The quantitative estimate of drug-likeness (QED) is 0.0280. The third kappa shape index (κ3) is 27.1. The van der Waals surface area contributed by atoms with Gasteiger partial charge in [0.15, 0.2) is 9.93 Å². The Morgan fingerprint density at radius 1 is 0.836 bits per heavy atom. The first-order valence-electron chi connectivity index (χ1n) is 15.8. The first-order chi connectivity index (χ1) is 28.3. The number of terminal acetylenes is 3. The zero-order chi connectivity index (χ0) is 44.6. The van der Waals surface area contributed by atoms with Gasteiger partial charge in [0.25, 0.3) is 0 Å². The molecule has 4 aromatic carbocycles. The number of nitrogens with zero attached hydrogens (tertiary/aromatic N) is 5. The van der Waals surface area contributed by atoms with E-state index in [0.29, 0.717) is 27.7 Å². The number of hydrogen-bond acceptors (Lipinski definition) is 10. The predicted octanol–water partition coefficient (Wildman–Crippen LogP) is 4.56. The van der Waals surface area contributed by atoms with E-state index in [0.717, 1.165) is 10.7 Å². The van der Waals surface area contributed by atoms with Gasteiger partial charge >= 0.3 is 45.5 Å². The normalized spacial score (nSPS) is 9.30. The van der Waals surface area contributed by atoms with E-state index in [9.17, 15) is 27.2 Å². The Kier molecular flexibility index (Phi) is 35.7. The number of aromatic nitrogens is 6. The van der Waals surface area contributed by atoms with Crippen LogP contribution in [0.2, 0.25) is 0 Å². The second-order valence-corrected chi connectivity index (χ2v) is 11.8. The Labute approximate surface area is 392 Å². The van der Waals surface area contributed by atoms with E-state index in [-0.39, 0.29) is 63.3 Å². The van der Waals surface area contributed by atoms with Crippen LogP contribution in [0, 0.1) is 65.6 Å². The van der Waals surface area contributed by atoms with Crippen molar-refractivity contribution in [1.82, 2.24) is 29.5 Å². The molecule has 2 N–H and O–H groups in total. The molecule has 0 radical (unpaired) electrons. The number of aromatic amines is 1. The number of aliphatic hydroxyl groups is 1. The van der Waals surface area contributed by atoms with E-state index in [4.69, 9.17) is 44.3 Å². The standard InChI is InChI=1S/C11H10FN3S.C9H7FO.C9H5FO.C7H5FO.C3H5N3S.C2H.BrH.Mg.Mn.2O/c1-15-8-13-14-11(15)16-7-6-9-2-4-10(12)5-3-9;2*1-2-9(11)7-3-5-8(10)6-4-7;8-7-3-1-6(5-9)2-4-7;1-6-2-4-5-3(6)7;1-2;;;;;/h2-8H,1H3;1,3-6,9,11H;1,3-6H;1-5H;2H,1H3,(H,5,7);1H;1H;;;;/q;;;;;-1;;+2;;;/p-1/b7-6+;;;;;;;;;;. The number of H-pyrrole nitrogens is 1. The van der Waals surface area contributed by atoms with Gasteiger partial charge in [-0.2, -0.15) is 5.10 Å². The van der Waals surface area contributed by atoms with Gasteiger partial charge in [-0.3, -0.25) is 14.7 Å². The van der Waals surface area contributed by atoms with E-state index in [1.165, 1.54) is 96.7 Å². The molecule has 61 heavy (non-hydrogen) atoms. The minimum atomic E-state index is -1.44. The van der Waals surface area contributed by atoms with Gasteiger partial charge in [0.2, 0.25) is 5.78 Å². The summed E-state index contributed by atoms with van der Waals surface area (Å²) < 4.78 is 70.4. The second kappa shape index (κ2) is 36.4. The fourth-order valence-electron chi connectivity index (χ4n) is 3.40. The zero-order valence-electron chi connectivity index (χ0n) is 32.0. The van der Waals surface area contributed by atoms with E-state index in [1.54, 1.807) is 29.4 Å². The molecule has 6 aromatic rings. The van der Waals surface area contributed by atoms with E-state index in [2.05, 4.69) is 32.7 Å². The number of carbonyl (C=O) groups excluding carboxylic acids is 2. The van der Waals surface area contributed by atoms with Crippen LogP contribution in [0.4, 0.5) is 17.6 Å². The number of carbonyl (C=O) groups is 2. The van der Waals surface area contributed by atoms with Crippen LogP contribution in [0.5, 0.6) is 0 Å². The van der Waals surface area contributed by atoms with E-state index < -0.39 is 26.7 Å². The van der Waals surface area contributed by atoms with Crippen LogP contribution < -0.4 is 17.0 Å². The Bertz CT molecular complexity index is 2380. The molecule has 6 rings (SSSR count). The van der Waals surface area contributed by atoms with Crippen molar-refractivity contribution in [3.05, 3.63) is 172 Å². The van der Waals surface area contributed by atoms with Gasteiger partial charge in [0.05, 0.1) is 0 Å². The SMILES string of the molecule is C#CC(=O)c1ccc(F)cc1.C#CC(O)c1ccc(F)cc1.Cn1cn[nH]c1=S.Cn1cnnc1S/C=C/c1ccc(F)cc1.O=Cc1ccc(F)cc1.[Br-].[C-]#C.[Mg+2].[O]=[Mn]=[O]. The fourth-order valence-corrected chi connectivity index (χ4v) is 4.15. The molecular weight excluding hydrogens is 956 g/mol. The Morgan fingerprint density at radius 2 is 1.28 bits per heavy atom. The summed E-state index contributed by atoms with van der Waals surface area (Å²) in [5.41, 5.74) is 2.33. The predicted molar refractivity (Wildman–Crippen MR) is 218 cm³/mol. The Morgan fingerprint density at radius 3 is 1.62 bits per heavy atom. The minimum absolute atomic E-state index is 0. The van der Waals surface area contributed by atoms with Gasteiger partial charge in [0, 0.05) is 25.2 Å². The van der Waals surface area contributed by atoms with Gasteiger partial charge in [-0.25, -0.2) is 17.6 Å². The van der Waals surface area contributed by atoms with Crippen LogP contribution >= 0.6 is 24.0 Å². The molecule has 0 amide bonds. The first-order valence-corrected chi connectivity index (χ1v) is 18.1. The van der Waals surface area contributed by atoms with Crippen LogP contribution in [0.1, 0.15) is 37.9 Å². The van der Waals surface area contributed by atoms with Crippen molar-refractivity contribution in [2.75, 3.05) is 0 Å². The second-order valence-electron chi connectivity index (χ2n) is 10.3. The molecule has 0 bridgehead atoms. The summed E-state index contributed by atoms with van der Waals surface area (Å²) >= 11 is 4.76. The van der Waals surface area contributed by atoms with Gasteiger partial charge < -0.3 is 44.1 Å². The maximum atomic E-state index is 12.6. The van der Waals surface area contributed by atoms with Crippen molar-refractivity contribution in [1.29, 1.82) is 0 Å². The number of halogens is 5. The fraction of sp³-hybridized carbons (Fsp3) is 0.0732. The average Bonchev–Trinajstić information content (AvgIpc) is 3.85. The number of hydrogen-bond donors (Lipinski definition) is 2. The van der Waals surface area contributed by atoms with Crippen molar-refractivity contribution in [2.24, 2.45) is 14.1 Å². The average molecular weight is 989 g/mol. The summed E-state index contributed by atoms with van der Waals surface area (Å²) in [5, 5.41) is 25.7. The third-order valence-corrected chi connectivity index (χ3v) is 7.50. The number of aryl methyl sites for hydroxylation is 2. The summed E-state index contributed by atoms with van der Waals surface area (Å²) in [7, 11) is 3.72. The summed E-state index contributed by atoms with van der Waals surface area (Å²) in [6.07, 6.45) is 23.7. The number of thioether (sulfide) groups is 1. The summed E-state index contributed by atoms with van der Waals surface area (Å²) in [6.45, 7) is 0. The molecule has 0 spiro atoms. The maximum absolute atomic E-state index is 12.6. The number of benzene rings is 4. The van der Waals surface area contributed by atoms with Crippen LogP contribution in [0.25, 0.3) is 6.08 Å². The summed E-state index contributed by atoms with van der Waals surface area (Å²) in [5.74, 6) is 2.39. The molecule has 0 aliphatic heterocycles. The molecule has 0 saturated carbocycles. The van der Waals surface area contributed by atoms with Gasteiger partial charge in [-0.15, -0.1) is 23.0 Å². The number of aliphatic hydroxyl groups excluding tert-OH is 1. The van der Waals surface area contributed by atoms with Gasteiger partial charge in [-0.05, 0) is 114 Å². The van der Waals surface area contributed by atoms with Crippen LogP contribution in [-0.4, -0.2) is 69.8 Å². The van der Waals surface area contributed by atoms with Gasteiger partial charge in [-0.1, -0.05) is 41.9 Å². The van der Waals surface area contributed by atoms with Crippen molar-refractivity contribution in [3.63, 3.8) is 0 Å². The number of Topliss-reactive ketones (excluding diaryl/α,β-unsaturated/α-hetero) is 1. The molecule has 2 heterocycles. The topological polar surface area (TPSA) is 153 Å². The number of ketones is 1. The van der Waals surface area contributed by atoms with Crippen molar-refractivity contribution >= 4 is 65.2 Å². The molecule has 2 aromatic heterocycles. The molecule has 11 nitrogen and oxygen atoms in total. The van der Waals surface area contributed by atoms with Crippen molar-refractivity contribution < 1.29 is 71.7 Å². The Hall–Kier alpha value is -5.46. The number of nitrogens with one attached hydrogen (secondary N) is 1. The molecule has 0 fully saturated rings. The molecule has 313 valence electrons. The number of aldehydes is 1.